The van der Waals surface area contributed by atoms with Gasteiger partial charge in [-0.25, -0.2) is 8.42 Å². The van der Waals surface area contributed by atoms with Gasteiger partial charge in [0.1, 0.15) is 0 Å². The van der Waals surface area contributed by atoms with E-state index in [4.69, 9.17) is 0 Å². The number of hydrogen-bond donors (Lipinski definition) is 3. The molecule has 1 aliphatic heterocycles. The van der Waals surface area contributed by atoms with Gasteiger partial charge in [-0.2, -0.15) is 4.72 Å². The highest BCUT2D eigenvalue weighted by atomic mass is 32.2. The van der Waals surface area contributed by atoms with Gasteiger partial charge in [-0.3, -0.25) is 14.4 Å². The Labute approximate surface area is 187 Å². The summed E-state index contributed by atoms with van der Waals surface area (Å²) in [7, 11) is -3.96. The molecule has 9 nitrogen and oxygen atoms in total. The zero-order valence-electron chi connectivity index (χ0n) is 17.9. The largest absolute Gasteiger partial charge is 0.339 e. The number of benzene rings is 2. The molecule has 3 N–H and O–H groups in total. The Balaban J connectivity index is 1.63. The molecule has 1 heterocycles. The monoisotopic (exact) mass is 458 g/mol. The topological polar surface area (TPSA) is 125 Å². The third-order valence-electron chi connectivity index (χ3n) is 4.98. The van der Waals surface area contributed by atoms with Gasteiger partial charge in [-0.1, -0.05) is 6.07 Å². The van der Waals surface area contributed by atoms with Crippen molar-refractivity contribution >= 4 is 39.1 Å². The zero-order chi connectivity index (χ0) is 23.3. The lowest BCUT2D eigenvalue weighted by molar-refractivity contribution is -0.117. The van der Waals surface area contributed by atoms with Crippen LogP contribution in [0.3, 0.4) is 0 Å². The first-order chi connectivity index (χ1) is 15.2. The van der Waals surface area contributed by atoms with Crippen LogP contribution in [-0.4, -0.2) is 50.2 Å². The smallest absolute Gasteiger partial charge is 0.253 e. The quantitative estimate of drug-likeness (QED) is 0.587. The molecule has 2 aromatic rings. The summed E-state index contributed by atoms with van der Waals surface area (Å²) in [6.45, 7) is 4.22. The third-order valence-corrected chi connectivity index (χ3v) is 6.54. The number of anilines is 2. The Kier molecular flexibility index (Phi) is 7.26. The van der Waals surface area contributed by atoms with Gasteiger partial charge in [-0.15, -0.1) is 0 Å². The molecule has 1 aliphatic rings. The first kappa shape index (κ1) is 23.4. The van der Waals surface area contributed by atoms with Gasteiger partial charge in [0.05, 0.1) is 10.9 Å². The lowest BCUT2D eigenvalue weighted by atomic mass is 10.1. The van der Waals surface area contributed by atoms with Crippen LogP contribution in [0.2, 0.25) is 0 Å². The predicted octanol–water partition coefficient (Wildman–Crippen LogP) is 2.19. The van der Waals surface area contributed by atoms with Crippen LogP contribution in [0.1, 0.15) is 37.0 Å². The van der Waals surface area contributed by atoms with Crippen LogP contribution in [0.5, 0.6) is 0 Å². The first-order valence-electron chi connectivity index (χ1n) is 10.3. The molecule has 32 heavy (non-hydrogen) atoms. The van der Waals surface area contributed by atoms with E-state index in [-0.39, 0.29) is 16.7 Å². The number of hydrogen-bond acceptors (Lipinski definition) is 5. The molecule has 1 fully saturated rings. The van der Waals surface area contributed by atoms with E-state index in [1.165, 1.54) is 38.1 Å². The van der Waals surface area contributed by atoms with E-state index in [9.17, 15) is 22.8 Å². The maximum atomic E-state index is 12.6. The van der Waals surface area contributed by atoms with E-state index in [0.29, 0.717) is 16.9 Å². The highest BCUT2D eigenvalue weighted by Gasteiger charge is 2.23. The summed E-state index contributed by atoms with van der Waals surface area (Å²) in [5, 5.41) is 5.20. The van der Waals surface area contributed by atoms with Gasteiger partial charge in [0.2, 0.25) is 21.8 Å². The van der Waals surface area contributed by atoms with Crippen LogP contribution in [0, 0.1) is 0 Å². The Morgan fingerprint density at radius 2 is 1.59 bits per heavy atom. The average molecular weight is 459 g/mol. The second-order valence-electron chi connectivity index (χ2n) is 7.62. The molecule has 0 bridgehead atoms. The number of nitrogens with one attached hydrogen (secondary N) is 3. The van der Waals surface area contributed by atoms with Crippen LogP contribution in [0.15, 0.2) is 53.4 Å². The normalized spacial score (nSPS) is 14.6. The molecule has 0 unspecified atom stereocenters. The maximum Gasteiger partial charge on any atom is 0.253 e. The standard InChI is InChI=1S/C22H26N4O5S/c1-15(25-32(30,31)20-10-8-18(9-11-20)23-16(2)27)21(28)24-19-7-5-6-17(14-19)22(29)26-12-3-4-13-26/h5-11,14-15,25H,3-4,12-13H2,1-2H3,(H,23,27)(H,24,28)/t15-/m0/s1. The second-order valence-corrected chi connectivity index (χ2v) is 9.33. The van der Waals surface area contributed by atoms with E-state index in [1.807, 2.05) is 0 Å². The number of sulfonamides is 1. The van der Waals surface area contributed by atoms with Crippen LogP contribution in [0.4, 0.5) is 11.4 Å². The summed E-state index contributed by atoms with van der Waals surface area (Å²) in [4.78, 5) is 37.9. The Hall–Kier alpha value is -3.24. The van der Waals surface area contributed by atoms with E-state index in [2.05, 4.69) is 15.4 Å². The Morgan fingerprint density at radius 3 is 2.22 bits per heavy atom. The van der Waals surface area contributed by atoms with Crippen molar-refractivity contribution in [2.45, 2.75) is 37.6 Å². The number of carbonyl (C=O) groups is 3. The van der Waals surface area contributed by atoms with Gasteiger partial charge in [0.25, 0.3) is 5.91 Å². The number of amides is 3. The van der Waals surface area contributed by atoms with Crippen molar-refractivity contribution in [1.82, 2.24) is 9.62 Å². The Morgan fingerprint density at radius 1 is 0.938 bits per heavy atom. The molecular formula is C22H26N4O5S. The van der Waals surface area contributed by atoms with Crippen molar-refractivity contribution in [1.29, 1.82) is 0 Å². The summed E-state index contributed by atoms with van der Waals surface area (Å²) < 4.78 is 27.5. The molecule has 1 atom stereocenters. The predicted molar refractivity (Wildman–Crippen MR) is 121 cm³/mol. The molecule has 0 aliphatic carbocycles. The van der Waals surface area contributed by atoms with E-state index >= 15 is 0 Å². The zero-order valence-corrected chi connectivity index (χ0v) is 18.7. The fourth-order valence-corrected chi connectivity index (χ4v) is 4.56. The molecule has 170 valence electrons. The maximum absolute atomic E-state index is 12.6. The summed E-state index contributed by atoms with van der Waals surface area (Å²) in [5.41, 5.74) is 1.34. The third kappa shape index (κ3) is 5.92. The average Bonchev–Trinajstić information content (AvgIpc) is 3.28. The molecule has 3 amide bonds. The number of likely N-dealkylation sites (tertiary alicyclic amines) is 1. The van der Waals surface area contributed by atoms with Crippen LogP contribution >= 0.6 is 0 Å². The van der Waals surface area contributed by atoms with Gasteiger partial charge < -0.3 is 15.5 Å². The molecule has 0 saturated carbocycles. The first-order valence-corrected chi connectivity index (χ1v) is 11.7. The molecule has 3 rings (SSSR count). The molecule has 10 heteroatoms. The second kappa shape index (κ2) is 9.92. The number of nitrogens with zero attached hydrogens (tertiary/aromatic N) is 1. The van der Waals surface area contributed by atoms with Crippen molar-refractivity contribution in [2.24, 2.45) is 0 Å². The lowest BCUT2D eigenvalue weighted by Crippen LogP contribution is -2.41. The fourth-order valence-electron chi connectivity index (χ4n) is 3.36. The summed E-state index contributed by atoms with van der Waals surface area (Å²) in [5.74, 6) is -0.917. The van der Waals surface area contributed by atoms with Crippen LogP contribution in [-0.2, 0) is 19.6 Å². The minimum Gasteiger partial charge on any atom is -0.339 e. The minimum atomic E-state index is -3.96. The van der Waals surface area contributed by atoms with Gasteiger partial charge in [0.15, 0.2) is 0 Å². The molecule has 2 aromatic carbocycles. The van der Waals surface area contributed by atoms with Crippen molar-refractivity contribution in [3.63, 3.8) is 0 Å². The van der Waals surface area contributed by atoms with Crippen molar-refractivity contribution in [2.75, 3.05) is 23.7 Å². The summed E-state index contributed by atoms with van der Waals surface area (Å²) in [6, 6.07) is 11.1. The van der Waals surface area contributed by atoms with Crippen molar-refractivity contribution in [3.8, 4) is 0 Å². The highest BCUT2D eigenvalue weighted by molar-refractivity contribution is 7.89. The van der Waals surface area contributed by atoms with Gasteiger partial charge >= 0.3 is 0 Å². The minimum absolute atomic E-state index is 0.0375. The van der Waals surface area contributed by atoms with Crippen molar-refractivity contribution < 1.29 is 22.8 Å². The molecule has 0 aromatic heterocycles. The van der Waals surface area contributed by atoms with Gasteiger partial charge in [-0.05, 0) is 62.2 Å². The van der Waals surface area contributed by atoms with Gasteiger partial charge in [0, 0.05) is 37.0 Å². The van der Waals surface area contributed by atoms with Crippen LogP contribution < -0.4 is 15.4 Å². The molecule has 1 saturated heterocycles. The SMILES string of the molecule is CC(=O)Nc1ccc(S(=O)(=O)N[C@@H](C)C(=O)Nc2cccc(C(=O)N3CCCC3)c2)cc1. The van der Waals surface area contributed by atoms with E-state index < -0.39 is 22.0 Å². The van der Waals surface area contributed by atoms with Crippen molar-refractivity contribution in [3.05, 3.63) is 54.1 Å². The summed E-state index contributed by atoms with van der Waals surface area (Å²) in [6.07, 6.45) is 1.96. The molecule has 0 radical (unpaired) electrons. The highest BCUT2D eigenvalue weighted by Crippen LogP contribution is 2.17. The summed E-state index contributed by atoms with van der Waals surface area (Å²) >= 11 is 0. The van der Waals surface area contributed by atoms with E-state index in [1.54, 1.807) is 29.2 Å². The Bertz CT molecular complexity index is 1110. The fraction of sp³-hybridized carbons (Fsp3) is 0.318. The molecule has 0 spiro atoms. The number of rotatable bonds is 7. The number of carbonyl (C=O) groups excluding carboxylic acids is 3. The molecular weight excluding hydrogens is 432 g/mol. The van der Waals surface area contributed by atoms with E-state index in [0.717, 1.165) is 25.9 Å². The lowest BCUT2D eigenvalue weighted by Gasteiger charge is -2.17. The van der Waals surface area contributed by atoms with Crippen LogP contribution in [0.25, 0.3) is 0 Å².